The zero-order valence-corrected chi connectivity index (χ0v) is 13.3. The molecule has 0 aliphatic carbocycles. The summed E-state index contributed by atoms with van der Waals surface area (Å²) >= 11 is 0. The SMILES string of the molecule is N#Cc1cccc(C(=O)N2CCN(C(=O)c3ccc(=O)[nH]n3)CC2)c1. The first-order chi connectivity index (χ1) is 12.1. The van der Waals surface area contributed by atoms with E-state index >= 15 is 0 Å². The highest BCUT2D eigenvalue weighted by molar-refractivity contribution is 5.95. The van der Waals surface area contributed by atoms with Crippen molar-refractivity contribution >= 4 is 11.8 Å². The fourth-order valence-electron chi connectivity index (χ4n) is 2.64. The highest BCUT2D eigenvalue weighted by Gasteiger charge is 2.26. The lowest BCUT2D eigenvalue weighted by molar-refractivity contribution is 0.0531. The van der Waals surface area contributed by atoms with Crippen molar-refractivity contribution in [2.45, 2.75) is 0 Å². The zero-order valence-electron chi connectivity index (χ0n) is 13.3. The number of amides is 2. The molecule has 8 nitrogen and oxygen atoms in total. The molecule has 1 aromatic carbocycles. The number of benzene rings is 1. The van der Waals surface area contributed by atoms with Crippen molar-refractivity contribution in [1.29, 1.82) is 5.26 Å². The number of nitriles is 1. The van der Waals surface area contributed by atoms with Gasteiger partial charge in [-0.25, -0.2) is 5.10 Å². The van der Waals surface area contributed by atoms with Gasteiger partial charge in [0.1, 0.15) is 5.69 Å². The first-order valence-corrected chi connectivity index (χ1v) is 7.73. The highest BCUT2D eigenvalue weighted by atomic mass is 16.2. The normalized spacial score (nSPS) is 14.0. The summed E-state index contributed by atoms with van der Waals surface area (Å²) in [5.41, 5.74) is 0.692. The monoisotopic (exact) mass is 337 g/mol. The molecule has 1 aliphatic heterocycles. The maximum Gasteiger partial charge on any atom is 0.274 e. The lowest BCUT2D eigenvalue weighted by atomic mass is 10.1. The molecule has 1 fully saturated rings. The Morgan fingerprint density at radius 2 is 1.72 bits per heavy atom. The van der Waals surface area contributed by atoms with Crippen molar-refractivity contribution in [2.75, 3.05) is 26.2 Å². The van der Waals surface area contributed by atoms with Crippen LogP contribution in [0.2, 0.25) is 0 Å². The molecule has 3 rings (SSSR count). The molecule has 8 heteroatoms. The molecule has 2 heterocycles. The van der Waals surface area contributed by atoms with Gasteiger partial charge in [-0.05, 0) is 24.3 Å². The Balaban J connectivity index is 1.64. The molecule has 1 aliphatic rings. The van der Waals surface area contributed by atoms with Gasteiger partial charge in [0.05, 0.1) is 11.6 Å². The Hall–Kier alpha value is -3.47. The Bertz CT molecular complexity index is 886. The molecule has 0 unspecified atom stereocenters. The second kappa shape index (κ2) is 6.97. The Labute approximate surface area is 143 Å². The molecular formula is C17H15N5O3. The summed E-state index contributed by atoms with van der Waals surface area (Å²) in [4.78, 5) is 39.1. The number of nitrogens with one attached hydrogen (secondary N) is 1. The third-order valence-electron chi connectivity index (χ3n) is 3.99. The van der Waals surface area contributed by atoms with Crippen molar-refractivity contribution in [1.82, 2.24) is 20.0 Å². The fourth-order valence-corrected chi connectivity index (χ4v) is 2.64. The molecule has 1 saturated heterocycles. The predicted molar refractivity (Wildman–Crippen MR) is 87.8 cm³/mol. The average molecular weight is 337 g/mol. The van der Waals surface area contributed by atoms with Crippen molar-refractivity contribution in [2.24, 2.45) is 0 Å². The number of H-pyrrole nitrogens is 1. The van der Waals surface area contributed by atoms with Gasteiger partial charge in [0.25, 0.3) is 17.4 Å². The summed E-state index contributed by atoms with van der Waals surface area (Å²) < 4.78 is 0. The van der Waals surface area contributed by atoms with Crippen molar-refractivity contribution in [3.63, 3.8) is 0 Å². The van der Waals surface area contributed by atoms with Crippen LogP contribution in [-0.4, -0.2) is 58.0 Å². The van der Waals surface area contributed by atoms with Gasteiger partial charge in [0, 0.05) is 37.8 Å². The maximum absolute atomic E-state index is 12.5. The van der Waals surface area contributed by atoms with E-state index in [1.807, 2.05) is 6.07 Å². The molecule has 1 N–H and O–H groups in total. The molecule has 2 amide bonds. The minimum absolute atomic E-state index is 0.161. The smallest absolute Gasteiger partial charge is 0.274 e. The number of hydrogen-bond acceptors (Lipinski definition) is 5. The van der Waals surface area contributed by atoms with Gasteiger partial charge in [0.15, 0.2) is 0 Å². The summed E-state index contributed by atoms with van der Waals surface area (Å²) in [5, 5.41) is 14.9. The summed E-state index contributed by atoms with van der Waals surface area (Å²) in [6, 6.07) is 11.2. The van der Waals surface area contributed by atoms with Crippen LogP contribution in [0.25, 0.3) is 0 Å². The van der Waals surface area contributed by atoms with Crippen LogP contribution in [0.3, 0.4) is 0 Å². The van der Waals surface area contributed by atoms with Crippen molar-refractivity contribution in [3.05, 3.63) is 63.6 Å². The first kappa shape index (κ1) is 16.4. The summed E-state index contributed by atoms with van der Waals surface area (Å²) in [6.07, 6.45) is 0. The van der Waals surface area contributed by atoms with Crippen LogP contribution in [0.1, 0.15) is 26.4 Å². The van der Waals surface area contributed by atoms with Crippen LogP contribution in [0.5, 0.6) is 0 Å². The Morgan fingerprint density at radius 3 is 2.32 bits per heavy atom. The summed E-state index contributed by atoms with van der Waals surface area (Å²) in [6.45, 7) is 1.54. The number of hydrogen-bond donors (Lipinski definition) is 1. The third kappa shape index (κ3) is 3.55. The Kier molecular flexibility index (Phi) is 4.57. The van der Waals surface area contributed by atoms with Crippen LogP contribution in [0.15, 0.2) is 41.2 Å². The quantitative estimate of drug-likeness (QED) is 0.844. The minimum atomic E-state index is -0.369. The second-order valence-electron chi connectivity index (χ2n) is 5.58. The van der Waals surface area contributed by atoms with Gasteiger partial charge < -0.3 is 9.80 Å². The second-order valence-corrected chi connectivity index (χ2v) is 5.58. The van der Waals surface area contributed by atoms with Crippen molar-refractivity contribution < 1.29 is 9.59 Å². The van der Waals surface area contributed by atoms with Gasteiger partial charge in [-0.1, -0.05) is 6.07 Å². The number of carbonyl (C=O) groups excluding carboxylic acids is 2. The summed E-state index contributed by atoms with van der Waals surface area (Å²) in [7, 11) is 0. The van der Waals surface area contributed by atoms with Crippen LogP contribution in [0.4, 0.5) is 0 Å². The van der Waals surface area contributed by atoms with E-state index in [1.165, 1.54) is 12.1 Å². The third-order valence-corrected chi connectivity index (χ3v) is 3.99. The average Bonchev–Trinajstić information content (AvgIpc) is 2.67. The van der Waals surface area contributed by atoms with Crippen molar-refractivity contribution in [3.8, 4) is 6.07 Å². The molecule has 0 atom stereocenters. The first-order valence-electron chi connectivity index (χ1n) is 7.73. The van der Waals surface area contributed by atoms with E-state index in [0.29, 0.717) is 37.3 Å². The summed E-state index contributed by atoms with van der Waals surface area (Å²) in [5.74, 6) is -0.443. The Morgan fingerprint density at radius 1 is 1.04 bits per heavy atom. The molecule has 0 bridgehead atoms. The minimum Gasteiger partial charge on any atom is -0.335 e. The lowest BCUT2D eigenvalue weighted by Gasteiger charge is -2.34. The lowest BCUT2D eigenvalue weighted by Crippen LogP contribution is -2.50. The van der Waals surface area contributed by atoms with E-state index < -0.39 is 0 Å². The van der Waals surface area contributed by atoms with Gasteiger partial charge in [-0.15, -0.1) is 0 Å². The van der Waals surface area contributed by atoms with E-state index in [0.717, 1.165) is 0 Å². The van der Waals surface area contributed by atoms with E-state index in [1.54, 1.807) is 34.1 Å². The van der Waals surface area contributed by atoms with Crippen LogP contribution in [-0.2, 0) is 0 Å². The molecule has 2 aromatic rings. The number of aromatic nitrogens is 2. The number of piperazine rings is 1. The van der Waals surface area contributed by atoms with E-state index in [4.69, 9.17) is 5.26 Å². The predicted octanol–water partition coefficient (Wildman–Crippen LogP) is 0.240. The molecule has 0 radical (unpaired) electrons. The van der Waals surface area contributed by atoms with Gasteiger partial charge in [-0.2, -0.15) is 10.4 Å². The molecule has 1 aromatic heterocycles. The van der Waals surface area contributed by atoms with E-state index in [-0.39, 0.29) is 23.1 Å². The molecule has 126 valence electrons. The largest absolute Gasteiger partial charge is 0.335 e. The maximum atomic E-state index is 12.5. The highest BCUT2D eigenvalue weighted by Crippen LogP contribution is 2.12. The van der Waals surface area contributed by atoms with Gasteiger partial charge in [0.2, 0.25) is 0 Å². The van der Waals surface area contributed by atoms with Gasteiger partial charge in [-0.3, -0.25) is 14.4 Å². The van der Waals surface area contributed by atoms with Crippen LogP contribution >= 0.6 is 0 Å². The topological polar surface area (TPSA) is 110 Å². The number of aromatic amines is 1. The van der Waals surface area contributed by atoms with E-state index in [2.05, 4.69) is 10.2 Å². The number of rotatable bonds is 2. The standard InChI is InChI=1S/C17H15N5O3/c18-11-12-2-1-3-13(10-12)16(24)21-6-8-22(9-7-21)17(25)14-4-5-15(23)20-19-14/h1-5,10H,6-9H2,(H,20,23). The fraction of sp³-hybridized carbons (Fsp3) is 0.235. The number of nitrogens with zero attached hydrogens (tertiary/aromatic N) is 4. The van der Waals surface area contributed by atoms with E-state index in [9.17, 15) is 14.4 Å². The van der Waals surface area contributed by atoms with Crippen LogP contribution in [0, 0.1) is 11.3 Å². The molecule has 0 saturated carbocycles. The molecular weight excluding hydrogens is 322 g/mol. The molecule has 25 heavy (non-hydrogen) atoms. The van der Waals surface area contributed by atoms with Gasteiger partial charge >= 0.3 is 0 Å². The number of carbonyl (C=O) groups is 2. The van der Waals surface area contributed by atoms with Crippen LogP contribution < -0.4 is 5.56 Å². The molecule has 0 spiro atoms. The zero-order chi connectivity index (χ0) is 17.8.